The second-order valence-corrected chi connectivity index (χ2v) is 11.7. The van der Waals surface area contributed by atoms with Crippen LogP contribution in [0, 0.1) is 5.92 Å². The summed E-state index contributed by atoms with van der Waals surface area (Å²) in [5, 5.41) is 3.12. The summed E-state index contributed by atoms with van der Waals surface area (Å²) < 4.78 is 38.7. The molecule has 0 aliphatic carbocycles. The van der Waals surface area contributed by atoms with E-state index in [1.54, 1.807) is 24.3 Å². The zero-order valence-electron chi connectivity index (χ0n) is 20.5. The predicted molar refractivity (Wildman–Crippen MR) is 128 cm³/mol. The Labute approximate surface area is 198 Å². The molecule has 2 aliphatic heterocycles. The molecule has 0 saturated carbocycles. The highest BCUT2D eigenvalue weighted by molar-refractivity contribution is 7.89. The largest absolute Gasteiger partial charge is 0.494 e. The SMILES string of the molecule is CCOc1ccc(S(=O)(=O)N2CCC(C(=O)NCC(C)(C)N3CC(C)OC(C)C3)CC2)cc1. The standard InChI is InChI=1S/C24H39N3O5S/c1-6-31-21-7-9-22(10-8-21)33(29,30)27-13-11-20(12-14-27)23(28)25-17-24(4,5)26-15-18(2)32-19(3)16-26/h7-10,18-20H,6,11-17H2,1-5H3,(H,25,28). The van der Waals surface area contributed by atoms with Gasteiger partial charge in [0.2, 0.25) is 15.9 Å². The Morgan fingerprint density at radius 2 is 1.70 bits per heavy atom. The summed E-state index contributed by atoms with van der Waals surface area (Å²) in [6, 6.07) is 6.51. The van der Waals surface area contributed by atoms with Gasteiger partial charge in [0.05, 0.1) is 23.7 Å². The number of benzene rings is 1. The van der Waals surface area contributed by atoms with Crippen molar-refractivity contribution in [3.8, 4) is 5.75 Å². The lowest BCUT2D eigenvalue weighted by Crippen LogP contribution is -2.59. The van der Waals surface area contributed by atoms with E-state index in [2.05, 4.69) is 37.9 Å². The van der Waals surface area contributed by atoms with Crippen LogP contribution in [0.15, 0.2) is 29.2 Å². The maximum atomic E-state index is 13.0. The molecule has 1 aromatic rings. The van der Waals surface area contributed by atoms with Gasteiger partial charge in [-0.15, -0.1) is 0 Å². The number of ether oxygens (including phenoxy) is 2. The normalized spacial score (nSPS) is 23.9. The molecule has 33 heavy (non-hydrogen) atoms. The lowest BCUT2D eigenvalue weighted by molar-refractivity contribution is -0.127. The molecule has 3 rings (SSSR count). The van der Waals surface area contributed by atoms with Crippen molar-refractivity contribution >= 4 is 15.9 Å². The predicted octanol–water partition coefficient (Wildman–Crippen LogP) is 2.49. The minimum Gasteiger partial charge on any atom is -0.494 e. The molecule has 0 bridgehead atoms. The van der Waals surface area contributed by atoms with Crippen LogP contribution in [0.2, 0.25) is 0 Å². The fourth-order valence-electron chi connectivity index (χ4n) is 4.61. The molecule has 2 heterocycles. The topological polar surface area (TPSA) is 88.2 Å². The summed E-state index contributed by atoms with van der Waals surface area (Å²) in [4.78, 5) is 15.5. The van der Waals surface area contributed by atoms with Crippen molar-refractivity contribution in [3.05, 3.63) is 24.3 Å². The summed E-state index contributed by atoms with van der Waals surface area (Å²) in [6.45, 7) is 13.8. The molecular formula is C24H39N3O5S. The van der Waals surface area contributed by atoms with Crippen LogP contribution in [0.25, 0.3) is 0 Å². The smallest absolute Gasteiger partial charge is 0.243 e. The first kappa shape index (κ1) is 25.9. The van der Waals surface area contributed by atoms with E-state index in [4.69, 9.17) is 9.47 Å². The van der Waals surface area contributed by atoms with Crippen molar-refractivity contribution in [1.82, 2.24) is 14.5 Å². The highest BCUT2D eigenvalue weighted by Gasteiger charge is 2.35. The molecule has 1 N–H and O–H groups in total. The van der Waals surface area contributed by atoms with E-state index in [9.17, 15) is 13.2 Å². The van der Waals surface area contributed by atoms with Gasteiger partial charge in [-0.2, -0.15) is 4.31 Å². The van der Waals surface area contributed by atoms with Gasteiger partial charge < -0.3 is 14.8 Å². The molecule has 1 aromatic carbocycles. The first-order valence-electron chi connectivity index (χ1n) is 11.9. The fourth-order valence-corrected chi connectivity index (χ4v) is 6.08. The number of hydrogen-bond donors (Lipinski definition) is 1. The second kappa shape index (κ2) is 10.7. The molecule has 0 radical (unpaired) electrons. The number of sulfonamides is 1. The van der Waals surface area contributed by atoms with Gasteiger partial charge in [0.15, 0.2) is 0 Å². The summed E-state index contributed by atoms with van der Waals surface area (Å²) in [6.07, 6.45) is 1.39. The van der Waals surface area contributed by atoms with Crippen molar-refractivity contribution in [2.45, 2.75) is 70.1 Å². The van der Waals surface area contributed by atoms with Crippen LogP contribution in [0.4, 0.5) is 0 Å². The lowest BCUT2D eigenvalue weighted by Gasteiger charge is -2.45. The highest BCUT2D eigenvalue weighted by Crippen LogP contribution is 2.26. The number of morpholine rings is 1. The molecular weight excluding hydrogens is 442 g/mol. The molecule has 2 unspecified atom stereocenters. The number of hydrogen-bond acceptors (Lipinski definition) is 6. The van der Waals surface area contributed by atoms with Crippen LogP contribution in [0.3, 0.4) is 0 Å². The van der Waals surface area contributed by atoms with Gasteiger partial charge in [-0.3, -0.25) is 9.69 Å². The second-order valence-electron chi connectivity index (χ2n) is 9.78. The number of carbonyl (C=O) groups excluding carboxylic acids is 1. The number of piperidine rings is 1. The van der Waals surface area contributed by atoms with Crippen molar-refractivity contribution < 1.29 is 22.7 Å². The van der Waals surface area contributed by atoms with Crippen LogP contribution in [-0.2, 0) is 19.6 Å². The Morgan fingerprint density at radius 3 is 2.24 bits per heavy atom. The Balaban J connectivity index is 1.51. The maximum absolute atomic E-state index is 13.0. The quantitative estimate of drug-likeness (QED) is 0.614. The zero-order valence-corrected chi connectivity index (χ0v) is 21.4. The van der Waals surface area contributed by atoms with Gasteiger partial charge >= 0.3 is 0 Å². The van der Waals surface area contributed by atoms with Crippen LogP contribution in [0.1, 0.15) is 47.5 Å². The number of amides is 1. The lowest BCUT2D eigenvalue weighted by atomic mass is 9.95. The van der Waals surface area contributed by atoms with Crippen LogP contribution in [0.5, 0.6) is 5.75 Å². The fraction of sp³-hybridized carbons (Fsp3) is 0.708. The molecule has 186 valence electrons. The Hall–Kier alpha value is -1.68. The van der Waals surface area contributed by atoms with Gasteiger partial charge in [-0.1, -0.05) is 0 Å². The molecule has 9 heteroatoms. The molecule has 0 spiro atoms. The average Bonchev–Trinajstić information content (AvgIpc) is 2.77. The summed E-state index contributed by atoms with van der Waals surface area (Å²) >= 11 is 0. The highest BCUT2D eigenvalue weighted by atomic mass is 32.2. The van der Waals surface area contributed by atoms with Gasteiger partial charge in [0.1, 0.15) is 5.75 Å². The van der Waals surface area contributed by atoms with Gasteiger partial charge in [0, 0.05) is 44.2 Å². The third kappa shape index (κ3) is 6.47. The maximum Gasteiger partial charge on any atom is 0.243 e. The van der Waals surface area contributed by atoms with Gasteiger partial charge in [-0.05, 0) is 71.7 Å². The summed E-state index contributed by atoms with van der Waals surface area (Å²) in [5.41, 5.74) is -0.181. The Kier molecular flexibility index (Phi) is 8.42. The monoisotopic (exact) mass is 481 g/mol. The van der Waals surface area contributed by atoms with Crippen molar-refractivity contribution in [3.63, 3.8) is 0 Å². The molecule has 8 nitrogen and oxygen atoms in total. The van der Waals surface area contributed by atoms with E-state index >= 15 is 0 Å². The van der Waals surface area contributed by atoms with Crippen LogP contribution < -0.4 is 10.1 Å². The number of rotatable bonds is 8. The summed E-state index contributed by atoms with van der Waals surface area (Å²) in [7, 11) is -3.58. The average molecular weight is 482 g/mol. The molecule has 2 aliphatic rings. The zero-order chi connectivity index (χ0) is 24.2. The van der Waals surface area contributed by atoms with E-state index in [0.717, 1.165) is 13.1 Å². The molecule has 2 saturated heterocycles. The van der Waals surface area contributed by atoms with Crippen molar-refractivity contribution in [2.24, 2.45) is 5.92 Å². The van der Waals surface area contributed by atoms with E-state index in [-0.39, 0.29) is 34.5 Å². The molecule has 2 fully saturated rings. The number of nitrogens with zero attached hydrogens (tertiary/aromatic N) is 2. The summed E-state index contributed by atoms with van der Waals surface area (Å²) in [5.74, 6) is 0.487. The molecule has 2 atom stereocenters. The third-order valence-electron chi connectivity index (χ3n) is 6.57. The Morgan fingerprint density at radius 1 is 1.12 bits per heavy atom. The van der Waals surface area contributed by atoms with Gasteiger partial charge in [0.25, 0.3) is 0 Å². The first-order chi connectivity index (χ1) is 15.5. The minimum atomic E-state index is -3.58. The Bertz CT molecular complexity index is 885. The van der Waals surface area contributed by atoms with E-state index in [1.807, 2.05) is 6.92 Å². The third-order valence-corrected chi connectivity index (χ3v) is 8.48. The molecule has 1 amide bonds. The molecule has 0 aromatic heterocycles. The van der Waals surface area contributed by atoms with E-state index < -0.39 is 10.0 Å². The van der Waals surface area contributed by atoms with Crippen LogP contribution in [-0.4, -0.2) is 80.6 Å². The minimum absolute atomic E-state index is 0.00977. The van der Waals surface area contributed by atoms with Crippen LogP contribution >= 0.6 is 0 Å². The number of carbonyl (C=O) groups is 1. The van der Waals surface area contributed by atoms with E-state index in [0.29, 0.717) is 44.8 Å². The number of nitrogens with one attached hydrogen (secondary N) is 1. The van der Waals surface area contributed by atoms with Gasteiger partial charge in [-0.25, -0.2) is 8.42 Å². The first-order valence-corrected chi connectivity index (χ1v) is 13.4. The van der Waals surface area contributed by atoms with Crippen molar-refractivity contribution in [1.29, 1.82) is 0 Å². The van der Waals surface area contributed by atoms with E-state index in [1.165, 1.54) is 4.31 Å². The van der Waals surface area contributed by atoms with Crippen molar-refractivity contribution in [2.75, 3.05) is 39.3 Å².